The first kappa shape index (κ1) is 15.7. The SMILES string of the molecule is CC(C)C(=O)NCCNc1nnc(-c2ccccc2Cl)s1. The molecule has 2 rings (SSSR count). The molecule has 5 nitrogen and oxygen atoms in total. The van der Waals surface area contributed by atoms with E-state index in [2.05, 4.69) is 20.8 Å². The maximum absolute atomic E-state index is 11.4. The molecule has 0 spiro atoms. The van der Waals surface area contributed by atoms with Gasteiger partial charge < -0.3 is 10.6 Å². The quantitative estimate of drug-likeness (QED) is 0.801. The molecular formula is C14H17ClN4OS. The van der Waals surface area contributed by atoms with Crippen LogP contribution in [-0.4, -0.2) is 29.2 Å². The van der Waals surface area contributed by atoms with Crippen molar-refractivity contribution in [1.29, 1.82) is 0 Å². The van der Waals surface area contributed by atoms with Gasteiger partial charge in [-0.15, -0.1) is 10.2 Å². The minimum atomic E-state index is -0.00152. The summed E-state index contributed by atoms with van der Waals surface area (Å²) in [6.45, 7) is 4.89. The van der Waals surface area contributed by atoms with Crippen LogP contribution in [0, 0.1) is 5.92 Å². The predicted molar refractivity (Wildman–Crippen MR) is 86.7 cm³/mol. The van der Waals surface area contributed by atoms with Gasteiger partial charge in [0.15, 0.2) is 5.01 Å². The maximum Gasteiger partial charge on any atom is 0.222 e. The summed E-state index contributed by atoms with van der Waals surface area (Å²) in [5.41, 5.74) is 0.873. The van der Waals surface area contributed by atoms with Crippen molar-refractivity contribution in [2.75, 3.05) is 18.4 Å². The third-order valence-corrected chi connectivity index (χ3v) is 4.00. The Labute approximate surface area is 132 Å². The van der Waals surface area contributed by atoms with Crippen LogP contribution in [0.4, 0.5) is 5.13 Å². The Morgan fingerprint density at radius 3 is 2.76 bits per heavy atom. The molecule has 0 bridgehead atoms. The summed E-state index contributed by atoms with van der Waals surface area (Å²) in [5.74, 6) is 0.0455. The van der Waals surface area contributed by atoms with Gasteiger partial charge in [-0.25, -0.2) is 0 Å². The smallest absolute Gasteiger partial charge is 0.222 e. The number of anilines is 1. The van der Waals surface area contributed by atoms with Crippen molar-refractivity contribution in [3.8, 4) is 10.6 Å². The molecular weight excluding hydrogens is 308 g/mol. The van der Waals surface area contributed by atoms with Crippen molar-refractivity contribution in [2.24, 2.45) is 5.92 Å². The molecule has 0 radical (unpaired) electrons. The van der Waals surface area contributed by atoms with Crippen LogP contribution in [0.5, 0.6) is 0 Å². The Balaban J connectivity index is 1.87. The lowest BCUT2D eigenvalue weighted by Gasteiger charge is -2.07. The van der Waals surface area contributed by atoms with Gasteiger partial charge in [0, 0.05) is 24.6 Å². The molecule has 21 heavy (non-hydrogen) atoms. The van der Waals surface area contributed by atoms with Crippen molar-refractivity contribution >= 4 is 34.0 Å². The Hall–Kier alpha value is -1.66. The Bertz CT molecular complexity index is 615. The fraction of sp³-hybridized carbons (Fsp3) is 0.357. The molecule has 0 atom stereocenters. The molecule has 1 aromatic heterocycles. The van der Waals surface area contributed by atoms with Gasteiger partial charge >= 0.3 is 0 Å². The average Bonchev–Trinajstić information content (AvgIpc) is 2.92. The number of hydrogen-bond acceptors (Lipinski definition) is 5. The molecule has 2 N–H and O–H groups in total. The van der Waals surface area contributed by atoms with E-state index in [1.54, 1.807) is 0 Å². The first-order valence-corrected chi connectivity index (χ1v) is 7.87. The lowest BCUT2D eigenvalue weighted by Crippen LogP contribution is -2.31. The summed E-state index contributed by atoms with van der Waals surface area (Å²) in [4.78, 5) is 11.4. The molecule has 0 saturated carbocycles. The number of nitrogens with zero attached hydrogens (tertiary/aromatic N) is 2. The summed E-state index contributed by atoms with van der Waals surface area (Å²) in [5, 5.41) is 16.3. The van der Waals surface area contributed by atoms with E-state index in [1.165, 1.54) is 11.3 Å². The third-order valence-electron chi connectivity index (χ3n) is 2.75. The molecule has 112 valence electrons. The molecule has 1 heterocycles. The monoisotopic (exact) mass is 324 g/mol. The van der Waals surface area contributed by atoms with E-state index in [1.807, 2.05) is 38.1 Å². The van der Waals surface area contributed by atoms with E-state index in [0.717, 1.165) is 10.6 Å². The Kier molecular flexibility index (Phi) is 5.52. The van der Waals surface area contributed by atoms with Crippen molar-refractivity contribution < 1.29 is 4.79 Å². The number of carbonyl (C=O) groups excluding carboxylic acids is 1. The van der Waals surface area contributed by atoms with Crippen LogP contribution < -0.4 is 10.6 Å². The standard InChI is InChI=1S/C14H17ClN4OS/c1-9(2)12(20)16-7-8-17-14-19-18-13(21-14)10-5-3-4-6-11(10)15/h3-6,9H,7-8H2,1-2H3,(H,16,20)(H,17,19). The zero-order chi connectivity index (χ0) is 15.2. The van der Waals surface area contributed by atoms with Gasteiger partial charge in [0.1, 0.15) is 0 Å². The van der Waals surface area contributed by atoms with Crippen molar-refractivity contribution in [2.45, 2.75) is 13.8 Å². The second-order valence-electron chi connectivity index (χ2n) is 4.76. The highest BCUT2D eigenvalue weighted by molar-refractivity contribution is 7.18. The van der Waals surface area contributed by atoms with Crippen molar-refractivity contribution in [1.82, 2.24) is 15.5 Å². The molecule has 0 aliphatic heterocycles. The lowest BCUT2D eigenvalue weighted by atomic mass is 10.2. The topological polar surface area (TPSA) is 66.9 Å². The summed E-state index contributed by atoms with van der Waals surface area (Å²) >= 11 is 7.57. The zero-order valence-corrected chi connectivity index (χ0v) is 13.5. The second kappa shape index (κ2) is 7.38. The van der Waals surface area contributed by atoms with E-state index in [0.29, 0.717) is 23.2 Å². The highest BCUT2D eigenvalue weighted by atomic mass is 35.5. The first-order valence-electron chi connectivity index (χ1n) is 6.68. The van der Waals surface area contributed by atoms with Crippen LogP contribution >= 0.6 is 22.9 Å². The largest absolute Gasteiger partial charge is 0.358 e. The van der Waals surface area contributed by atoms with E-state index in [-0.39, 0.29) is 11.8 Å². The molecule has 7 heteroatoms. The fourth-order valence-corrected chi connectivity index (χ4v) is 2.69. The number of amides is 1. The van der Waals surface area contributed by atoms with Gasteiger partial charge in [-0.3, -0.25) is 4.79 Å². The van der Waals surface area contributed by atoms with Gasteiger partial charge in [0.05, 0.1) is 5.02 Å². The van der Waals surface area contributed by atoms with Gasteiger partial charge in [-0.1, -0.05) is 55.0 Å². The highest BCUT2D eigenvalue weighted by Gasteiger charge is 2.09. The van der Waals surface area contributed by atoms with Crippen LogP contribution in [0.25, 0.3) is 10.6 Å². The van der Waals surface area contributed by atoms with Crippen LogP contribution in [-0.2, 0) is 4.79 Å². The number of benzene rings is 1. The lowest BCUT2D eigenvalue weighted by molar-refractivity contribution is -0.123. The number of rotatable bonds is 6. The molecule has 0 aliphatic carbocycles. The van der Waals surface area contributed by atoms with Crippen LogP contribution in [0.3, 0.4) is 0 Å². The van der Waals surface area contributed by atoms with Crippen molar-refractivity contribution in [3.63, 3.8) is 0 Å². The molecule has 1 amide bonds. The number of halogens is 1. The van der Waals surface area contributed by atoms with Gasteiger partial charge in [-0.05, 0) is 6.07 Å². The minimum Gasteiger partial charge on any atom is -0.358 e. The number of hydrogen-bond donors (Lipinski definition) is 2. The van der Waals surface area contributed by atoms with Crippen LogP contribution in [0.1, 0.15) is 13.8 Å². The number of aromatic nitrogens is 2. The van der Waals surface area contributed by atoms with Gasteiger partial charge in [0.25, 0.3) is 0 Å². The van der Waals surface area contributed by atoms with Crippen LogP contribution in [0.2, 0.25) is 5.02 Å². The van der Waals surface area contributed by atoms with Crippen LogP contribution in [0.15, 0.2) is 24.3 Å². The Morgan fingerprint density at radius 1 is 1.29 bits per heavy atom. The summed E-state index contributed by atoms with van der Waals surface area (Å²) in [7, 11) is 0. The normalized spacial score (nSPS) is 10.7. The van der Waals surface area contributed by atoms with Gasteiger partial charge in [-0.2, -0.15) is 0 Å². The zero-order valence-electron chi connectivity index (χ0n) is 11.9. The molecule has 0 unspecified atom stereocenters. The molecule has 2 aromatic rings. The molecule has 0 fully saturated rings. The van der Waals surface area contributed by atoms with E-state index >= 15 is 0 Å². The van der Waals surface area contributed by atoms with E-state index < -0.39 is 0 Å². The number of nitrogens with one attached hydrogen (secondary N) is 2. The summed E-state index contributed by atoms with van der Waals surface area (Å²) in [6.07, 6.45) is 0. The van der Waals surface area contributed by atoms with Crippen molar-refractivity contribution in [3.05, 3.63) is 29.3 Å². The number of carbonyl (C=O) groups is 1. The van der Waals surface area contributed by atoms with E-state index in [4.69, 9.17) is 11.6 Å². The molecule has 0 aliphatic rings. The second-order valence-corrected chi connectivity index (χ2v) is 6.15. The minimum absolute atomic E-state index is 0.00152. The predicted octanol–water partition coefficient (Wildman–Crippen LogP) is 3.04. The average molecular weight is 325 g/mol. The first-order chi connectivity index (χ1) is 10.1. The Morgan fingerprint density at radius 2 is 2.05 bits per heavy atom. The third kappa shape index (κ3) is 4.41. The molecule has 0 saturated heterocycles. The van der Waals surface area contributed by atoms with Gasteiger partial charge in [0.2, 0.25) is 11.0 Å². The van der Waals surface area contributed by atoms with E-state index in [9.17, 15) is 4.79 Å². The highest BCUT2D eigenvalue weighted by Crippen LogP contribution is 2.31. The summed E-state index contributed by atoms with van der Waals surface area (Å²) < 4.78 is 0. The molecule has 1 aromatic carbocycles. The maximum atomic E-state index is 11.4. The summed E-state index contributed by atoms with van der Waals surface area (Å²) in [6, 6.07) is 7.53. The fourth-order valence-electron chi connectivity index (χ4n) is 1.60.